The summed E-state index contributed by atoms with van der Waals surface area (Å²) >= 11 is 0. The van der Waals surface area contributed by atoms with Crippen LogP contribution in [0.4, 0.5) is 5.69 Å². The first kappa shape index (κ1) is 35.7. The lowest BCUT2D eigenvalue weighted by Gasteiger charge is -2.34. The summed E-state index contributed by atoms with van der Waals surface area (Å²) in [6.07, 6.45) is 17.1. The van der Waals surface area contributed by atoms with E-state index in [9.17, 15) is 18.0 Å². The number of ether oxygens (including phenoxy) is 2. The number of sulfonamides is 1. The third kappa shape index (κ3) is 9.25. The van der Waals surface area contributed by atoms with Crippen molar-refractivity contribution in [2.45, 2.75) is 108 Å². The molecule has 1 saturated heterocycles. The van der Waals surface area contributed by atoms with Gasteiger partial charge in [-0.2, -0.15) is 4.31 Å². The number of fused-ring (bicyclic) bond motifs is 1. The quantitative estimate of drug-likeness (QED) is 0.149. The minimum atomic E-state index is -3.72. The van der Waals surface area contributed by atoms with Crippen LogP contribution in [0.2, 0.25) is 0 Å². The number of carbonyl (C=O) groups is 2. The second-order valence-corrected chi connectivity index (χ2v) is 14.5. The molecule has 0 spiro atoms. The van der Waals surface area contributed by atoms with Crippen LogP contribution in [0.15, 0.2) is 41.3 Å². The monoisotopic (exact) mass is 655 g/mol. The van der Waals surface area contributed by atoms with Crippen LogP contribution in [0.3, 0.4) is 0 Å². The van der Waals surface area contributed by atoms with Crippen molar-refractivity contribution < 1.29 is 27.5 Å². The Kier molecular flexibility index (Phi) is 13.8. The summed E-state index contributed by atoms with van der Waals surface area (Å²) < 4.78 is 39.0. The fraction of sp³-hybridized carbons (Fsp3) is 0.611. The van der Waals surface area contributed by atoms with E-state index in [0.29, 0.717) is 48.8 Å². The van der Waals surface area contributed by atoms with Crippen LogP contribution >= 0.6 is 0 Å². The molecule has 46 heavy (non-hydrogen) atoms. The molecule has 10 heteroatoms. The molecule has 0 radical (unpaired) electrons. The third-order valence-corrected chi connectivity index (χ3v) is 11.2. The molecule has 2 heterocycles. The van der Waals surface area contributed by atoms with Gasteiger partial charge in [-0.1, -0.05) is 84.0 Å². The van der Waals surface area contributed by atoms with Gasteiger partial charge < -0.3 is 19.3 Å². The SMILES string of the molecule is CCCCCCCCCCCCCCCC(=O)N1CCN(S(=O)(=O)c2ccc(N3Cc4cc(OC)c(OC)cc4C3=O)cc2)CC1. The predicted molar refractivity (Wildman–Crippen MR) is 182 cm³/mol. The molecule has 0 aliphatic carbocycles. The van der Waals surface area contributed by atoms with Gasteiger partial charge in [0.1, 0.15) is 0 Å². The number of unbranched alkanes of at least 4 members (excludes halogenated alkanes) is 12. The number of amides is 2. The lowest BCUT2D eigenvalue weighted by molar-refractivity contribution is -0.132. The summed E-state index contributed by atoms with van der Waals surface area (Å²) in [6.45, 7) is 3.97. The number of benzene rings is 2. The van der Waals surface area contributed by atoms with Crippen molar-refractivity contribution in [1.82, 2.24) is 9.21 Å². The topological polar surface area (TPSA) is 96.5 Å². The van der Waals surface area contributed by atoms with Crippen molar-refractivity contribution in [3.63, 3.8) is 0 Å². The zero-order chi connectivity index (χ0) is 32.9. The minimum Gasteiger partial charge on any atom is -0.493 e. The molecule has 0 unspecified atom stereocenters. The molecule has 254 valence electrons. The van der Waals surface area contributed by atoms with Gasteiger partial charge in [0.05, 0.1) is 25.7 Å². The van der Waals surface area contributed by atoms with Crippen molar-refractivity contribution in [2.75, 3.05) is 45.3 Å². The first-order chi connectivity index (χ1) is 22.3. The Morgan fingerprint density at radius 3 is 1.80 bits per heavy atom. The van der Waals surface area contributed by atoms with Crippen LogP contribution in [0.5, 0.6) is 11.5 Å². The van der Waals surface area contributed by atoms with Crippen LogP contribution in [0.25, 0.3) is 0 Å². The lowest BCUT2D eigenvalue weighted by Crippen LogP contribution is -2.50. The Morgan fingerprint density at radius 1 is 0.739 bits per heavy atom. The predicted octanol–water partition coefficient (Wildman–Crippen LogP) is 7.18. The second-order valence-electron chi connectivity index (χ2n) is 12.5. The lowest BCUT2D eigenvalue weighted by atomic mass is 10.0. The van der Waals surface area contributed by atoms with E-state index in [1.807, 2.05) is 0 Å². The van der Waals surface area contributed by atoms with E-state index in [2.05, 4.69) is 6.92 Å². The van der Waals surface area contributed by atoms with Crippen molar-refractivity contribution in [3.05, 3.63) is 47.5 Å². The van der Waals surface area contributed by atoms with E-state index >= 15 is 0 Å². The summed E-state index contributed by atoms with van der Waals surface area (Å²) in [4.78, 5) is 29.5. The van der Waals surface area contributed by atoms with E-state index in [1.54, 1.807) is 53.3 Å². The fourth-order valence-corrected chi connectivity index (χ4v) is 7.85. The first-order valence-corrected chi connectivity index (χ1v) is 18.7. The van der Waals surface area contributed by atoms with Gasteiger partial charge in [0, 0.05) is 43.9 Å². The summed E-state index contributed by atoms with van der Waals surface area (Å²) in [5, 5.41) is 0. The largest absolute Gasteiger partial charge is 0.493 e. The fourth-order valence-electron chi connectivity index (χ4n) is 6.42. The second kappa shape index (κ2) is 17.7. The summed E-state index contributed by atoms with van der Waals surface area (Å²) in [7, 11) is -0.640. The van der Waals surface area contributed by atoms with E-state index in [1.165, 1.54) is 82.0 Å². The van der Waals surface area contributed by atoms with Crippen LogP contribution in [0, 0.1) is 0 Å². The van der Waals surface area contributed by atoms with Crippen molar-refractivity contribution in [2.24, 2.45) is 0 Å². The summed E-state index contributed by atoms with van der Waals surface area (Å²) in [5.41, 5.74) is 1.97. The molecule has 2 aromatic rings. The number of hydrogen-bond acceptors (Lipinski definition) is 6. The van der Waals surface area contributed by atoms with Gasteiger partial charge >= 0.3 is 0 Å². The van der Waals surface area contributed by atoms with E-state index < -0.39 is 10.0 Å². The van der Waals surface area contributed by atoms with E-state index in [0.717, 1.165) is 18.4 Å². The molecule has 0 aromatic heterocycles. The van der Waals surface area contributed by atoms with Crippen LogP contribution in [-0.4, -0.2) is 69.8 Å². The third-order valence-electron chi connectivity index (χ3n) is 9.29. The van der Waals surface area contributed by atoms with Gasteiger partial charge in [0.25, 0.3) is 5.91 Å². The Bertz CT molecular complexity index is 1390. The molecule has 0 N–H and O–H groups in total. The molecule has 2 amide bonds. The molecule has 1 fully saturated rings. The van der Waals surface area contributed by atoms with Crippen LogP contribution in [0.1, 0.15) is 113 Å². The van der Waals surface area contributed by atoms with Crippen molar-refractivity contribution >= 4 is 27.5 Å². The highest BCUT2D eigenvalue weighted by Crippen LogP contribution is 2.37. The molecule has 0 saturated carbocycles. The smallest absolute Gasteiger partial charge is 0.259 e. The number of hydrogen-bond donors (Lipinski definition) is 0. The molecule has 2 aliphatic rings. The maximum atomic E-state index is 13.4. The Morgan fingerprint density at radius 2 is 1.26 bits per heavy atom. The van der Waals surface area contributed by atoms with Crippen LogP contribution in [-0.2, 0) is 21.4 Å². The number of methoxy groups -OCH3 is 2. The number of anilines is 1. The van der Waals surface area contributed by atoms with Gasteiger partial charge in [-0.3, -0.25) is 9.59 Å². The average molecular weight is 656 g/mol. The Labute approximate surface area is 276 Å². The highest BCUT2D eigenvalue weighted by Gasteiger charge is 2.32. The first-order valence-electron chi connectivity index (χ1n) is 17.2. The average Bonchev–Trinajstić information content (AvgIpc) is 3.40. The van der Waals surface area contributed by atoms with Crippen molar-refractivity contribution in [3.8, 4) is 11.5 Å². The molecule has 4 rings (SSSR count). The molecule has 0 atom stereocenters. The maximum Gasteiger partial charge on any atom is 0.259 e. The minimum absolute atomic E-state index is 0.121. The highest BCUT2D eigenvalue weighted by molar-refractivity contribution is 7.89. The Balaban J connectivity index is 1.16. The number of piperazine rings is 1. The van der Waals surface area contributed by atoms with Gasteiger partial charge in [-0.15, -0.1) is 0 Å². The summed E-state index contributed by atoms with van der Waals surface area (Å²) in [6, 6.07) is 9.91. The van der Waals surface area contributed by atoms with Gasteiger partial charge in [-0.05, 0) is 48.4 Å². The molecule has 9 nitrogen and oxygen atoms in total. The molecule has 0 bridgehead atoms. The van der Waals surface area contributed by atoms with E-state index in [4.69, 9.17) is 9.47 Å². The van der Waals surface area contributed by atoms with Crippen LogP contribution < -0.4 is 14.4 Å². The number of rotatable bonds is 19. The number of nitrogens with zero attached hydrogens (tertiary/aromatic N) is 3. The summed E-state index contributed by atoms with van der Waals surface area (Å²) in [5.74, 6) is 0.986. The zero-order valence-electron chi connectivity index (χ0n) is 28.1. The molecular formula is C36H53N3O6S. The van der Waals surface area contributed by atoms with Gasteiger partial charge in [0.15, 0.2) is 11.5 Å². The standard InChI is InChI=1S/C36H53N3O6S/c1-4-5-6-7-8-9-10-11-12-13-14-15-16-17-35(40)37-22-24-38(25-23-37)46(42,43)31-20-18-30(19-21-31)39-28-29-26-33(44-2)34(45-3)27-32(29)36(39)41/h18-21,26-27H,4-17,22-25,28H2,1-3H3. The Hall–Kier alpha value is -3.11. The maximum absolute atomic E-state index is 13.4. The number of carbonyl (C=O) groups excluding carboxylic acids is 2. The van der Waals surface area contributed by atoms with Gasteiger partial charge in [0.2, 0.25) is 15.9 Å². The molecule has 2 aromatic carbocycles. The van der Waals surface area contributed by atoms with Crippen molar-refractivity contribution in [1.29, 1.82) is 0 Å². The van der Waals surface area contributed by atoms with Gasteiger partial charge in [-0.25, -0.2) is 8.42 Å². The van der Waals surface area contributed by atoms with E-state index in [-0.39, 0.29) is 29.8 Å². The normalized spacial score (nSPS) is 15.3. The molecule has 2 aliphatic heterocycles. The molecular weight excluding hydrogens is 602 g/mol. The highest BCUT2D eigenvalue weighted by atomic mass is 32.2. The zero-order valence-corrected chi connectivity index (χ0v) is 28.9.